The van der Waals surface area contributed by atoms with E-state index < -0.39 is 0 Å². The standard InChI is InChI=1S/C18H27N3O3.ClH/c1-4-21(5-2)16(22)12-14-6-8-15(9-7-14)20-18(23)17-13(3)24-11-10-19-17;/h6-9,13,17,19H,4-5,10-12H2,1-3H3,(H,20,23);1H/t13-,17+;/m1./s1. The lowest BCUT2D eigenvalue weighted by Crippen LogP contribution is -2.53. The van der Waals surface area contributed by atoms with Crippen molar-refractivity contribution >= 4 is 29.9 Å². The second-order valence-corrected chi connectivity index (χ2v) is 5.94. The first-order valence-electron chi connectivity index (χ1n) is 8.57. The quantitative estimate of drug-likeness (QED) is 0.802. The molecule has 0 spiro atoms. The summed E-state index contributed by atoms with van der Waals surface area (Å²) >= 11 is 0. The lowest BCUT2D eigenvalue weighted by molar-refractivity contribution is -0.130. The van der Waals surface area contributed by atoms with Crippen LogP contribution < -0.4 is 10.6 Å². The summed E-state index contributed by atoms with van der Waals surface area (Å²) in [6, 6.07) is 7.08. The number of morpholine rings is 1. The van der Waals surface area contributed by atoms with Crippen LogP contribution in [0.2, 0.25) is 0 Å². The summed E-state index contributed by atoms with van der Waals surface area (Å²) in [7, 11) is 0. The fourth-order valence-electron chi connectivity index (χ4n) is 2.82. The Morgan fingerprint density at radius 1 is 1.24 bits per heavy atom. The van der Waals surface area contributed by atoms with Gasteiger partial charge in [0.1, 0.15) is 6.04 Å². The highest BCUT2D eigenvalue weighted by atomic mass is 35.5. The third-order valence-electron chi connectivity index (χ3n) is 4.29. The van der Waals surface area contributed by atoms with Gasteiger partial charge in [0.15, 0.2) is 0 Å². The van der Waals surface area contributed by atoms with Crippen molar-refractivity contribution in [1.29, 1.82) is 0 Å². The predicted molar refractivity (Wildman–Crippen MR) is 101 cm³/mol. The van der Waals surface area contributed by atoms with Crippen LogP contribution in [0, 0.1) is 0 Å². The van der Waals surface area contributed by atoms with Gasteiger partial charge in [0.2, 0.25) is 11.8 Å². The smallest absolute Gasteiger partial charge is 0.244 e. The van der Waals surface area contributed by atoms with Gasteiger partial charge in [-0.3, -0.25) is 9.59 Å². The largest absolute Gasteiger partial charge is 0.375 e. The van der Waals surface area contributed by atoms with Gasteiger partial charge in [0, 0.05) is 25.3 Å². The first kappa shape index (κ1) is 21.4. The molecule has 0 bridgehead atoms. The second-order valence-electron chi connectivity index (χ2n) is 5.94. The van der Waals surface area contributed by atoms with Gasteiger partial charge in [-0.2, -0.15) is 0 Å². The van der Waals surface area contributed by atoms with E-state index >= 15 is 0 Å². The molecule has 1 fully saturated rings. The highest BCUT2D eigenvalue weighted by Gasteiger charge is 2.28. The van der Waals surface area contributed by atoms with Gasteiger partial charge >= 0.3 is 0 Å². The van der Waals surface area contributed by atoms with E-state index in [4.69, 9.17) is 4.74 Å². The molecule has 25 heavy (non-hydrogen) atoms. The minimum Gasteiger partial charge on any atom is -0.375 e. The Hall–Kier alpha value is -1.63. The number of carbonyl (C=O) groups excluding carboxylic acids is 2. The van der Waals surface area contributed by atoms with Crippen molar-refractivity contribution < 1.29 is 14.3 Å². The van der Waals surface area contributed by atoms with Crippen LogP contribution in [0.5, 0.6) is 0 Å². The van der Waals surface area contributed by atoms with Crippen LogP contribution >= 0.6 is 12.4 Å². The third kappa shape index (κ3) is 5.99. The summed E-state index contributed by atoms with van der Waals surface area (Å²) in [6.07, 6.45) is 0.232. The van der Waals surface area contributed by atoms with Gasteiger partial charge in [-0.1, -0.05) is 12.1 Å². The molecular weight excluding hydrogens is 342 g/mol. The van der Waals surface area contributed by atoms with E-state index in [-0.39, 0.29) is 36.4 Å². The van der Waals surface area contributed by atoms with E-state index in [0.717, 1.165) is 24.3 Å². The van der Waals surface area contributed by atoms with Crippen LogP contribution in [0.15, 0.2) is 24.3 Å². The van der Waals surface area contributed by atoms with Gasteiger partial charge in [0.05, 0.1) is 19.1 Å². The number of ether oxygens (including phenoxy) is 1. The minimum atomic E-state index is -0.345. The number of nitrogens with one attached hydrogen (secondary N) is 2. The number of likely N-dealkylation sites (N-methyl/N-ethyl adjacent to an activating group) is 1. The van der Waals surface area contributed by atoms with Crippen LogP contribution in [0.1, 0.15) is 26.3 Å². The Morgan fingerprint density at radius 3 is 2.44 bits per heavy atom. The molecule has 0 aliphatic carbocycles. The molecule has 1 aliphatic rings. The third-order valence-corrected chi connectivity index (χ3v) is 4.29. The zero-order valence-corrected chi connectivity index (χ0v) is 15.9. The highest BCUT2D eigenvalue weighted by molar-refractivity contribution is 5.95. The monoisotopic (exact) mass is 369 g/mol. The zero-order valence-electron chi connectivity index (χ0n) is 15.1. The fraction of sp³-hybridized carbons (Fsp3) is 0.556. The lowest BCUT2D eigenvalue weighted by atomic mass is 10.1. The molecular formula is C18H28ClN3O3. The summed E-state index contributed by atoms with van der Waals surface area (Å²) < 4.78 is 5.49. The van der Waals surface area contributed by atoms with Crippen molar-refractivity contribution in [3.8, 4) is 0 Å². The number of anilines is 1. The van der Waals surface area contributed by atoms with E-state index in [1.807, 2.05) is 49.9 Å². The van der Waals surface area contributed by atoms with Crippen molar-refractivity contribution in [2.45, 2.75) is 39.3 Å². The van der Waals surface area contributed by atoms with Crippen molar-refractivity contribution in [2.24, 2.45) is 0 Å². The molecule has 1 saturated heterocycles. The Bertz CT molecular complexity index is 561. The van der Waals surface area contributed by atoms with Crippen LogP contribution in [0.25, 0.3) is 0 Å². The molecule has 2 amide bonds. The Morgan fingerprint density at radius 2 is 1.88 bits per heavy atom. The van der Waals surface area contributed by atoms with Gasteiger partial charge < -0.3 is 20.3 Å². The van der Waals surface area contributed by atoms with Crippen molar-refractivity contribution in [3.05, 3.63) is 29.8 Å². The average molecular weight is 370 g/mol. The molecule has 1 aromatic rings. The number of rotatable bonds is 6. The van der Waals surface area contributed by atoms with Gasteiger partial charge in [-0.05, 0) is 38.5 Å². The zero-order chi connectivity index (χ0) is 17.5. The number of halogens is 1. The number of hydrogen-bond acceptors (Lipinski definition) is 4. The molecule has 2 atom stereocenters. The Balaban J connectivity index is 0.00000312. The number of hydrogen-bond donors (Lipinski definition) is 2. The summed E-state index contributed by atoms with van der Waals surface area (Å²) in [6.45, 7) is 8.58. The average Bonchev–Trinajstić information content (AvgIpc) is 2.58. The Labute approximate surface area is 155 Å². The number of benzene rings is 1. The molecule has 6 nitrogen and oxygen atoms in total. The SMILES string of the molecule is CCN(CC)C(=O)Cc1ccc(NC(=O)[C@H]2NCCO[C@@H]2C)cc1.Cl. The van der Waals surface area contributed by atoms with Gasteiger partial charge in [0.25, 0.3) is 0 Å². The second kappa shape index (κ2) is 10.4. The molecule has 0 unspecified atom stereocenters. The first-order chi connectivity index (χ1) is 11.5. The molecule has 1 aromatic carbocycles. The van der Waals surface area contributed by atoms with Crippen LogP contribution in [-0.4, -0.2) is 55.1 Å². The number of carbonyl (C=O) groups is 2. The van der Waals surface area contributed by atoms with E-state index in [1.165, 1.54) is 0 Å². The summed E-state index contributed by atoms with van der Waals surface area (Å²) in [5, 5.41) is 6.06. The molecule has 1 heterocycles. The molecule has 140 valence electrons. The number of nitrogens with zero attached hydrogens (tertiary/aromatic N) is 1. The normalized spacial score (nSPS) is 19.6. The topological polar surface area (TPSA) is 70.7 Å². The minimum absolute atomic E-state index is 0. The number of amides is 2. The van der Waals surface area contributed by atoms with Gasteiger partial charge in [-0.15, -0.1) is 12.4 Å². The maximum absolute atomic E-state index is 12.3. The first-order valence-corrected chi connectivity index (χ1v) is 8.57. The van der Waals surface area contributed by atoms with E-state index in [1.54, 1.807) is 0 Å². The van der Waals surface area contributed by atoms with E-state index in [0.29, 0.717) is 19.6 Å². The summed E-state index contributed by atoms with van der Waals surface area (Å²) in [5.74, 6) is 0.0170. The lowest BCUT2D eigenvalue weighted by Gasteiger charge is -2.29. The van der Waals surface area contributed by atoms with E-state index in [9.17, 15) is 9.59 Å². The Kier molecular flexibility index (Phi) is 8.89. The molecule has 0 radical (unpaired) electrons. The predicted octanol–water partition coefficient (Wildman–Crippen LogP) is 1.83. The van der Waals surface area contributed by atoms with Crippen molar-refractivity contribution in [2.75, 3.05) is 31.6 Å². The van der Waals surface area contributed by atoms with Crippen LogP contribution in [0.3, 0.4) is 0 Å². The van der Waals surface area contributed by atoms with E-state index in [2.05, 4.69) is 10.6 Å². The van der Waals surface area contributed by atoms with Gasteiger partial charge in [-0.25, -0.2) is 0 Å². The van der Waals surface area contributed by atoms with Crippen molar-refractivity contribution in [1.82, 2.24) is 10.2 Å². The summed E-state index contributed by atoms with van der Waals surface area (Å²) in [5.41, 5.74) is 1.66. The molecule has 1 aliphatic heterocycles. The van der Waals surface area contributed by atoms with Crippen LogP contribution in [0.4, 0.5) is 5.69 Å². The fourth-order valence-corrected chi connectivity index (χ4v) is 2.82. The highest BCUT2D eigenvalue weighted by Crippen LogP contribution is 2.13. The maximum Gasteiger partial charge on any atom is 0.244 e. The molecule has 0 saturated carbocycles. The summed E-state index contributed by atoms with van der Waals surface area (Å²) in [4.78, 5) is 26.2. The molecule has 2 rings (SSSR count). The molecule has 2 N–H and O–H groups in total. The van der Waals surface area contributed by atoms with Crippen LogP contribution in [-0.2, 0) is 20.7 Å². The maximum atomic E-state index is 12.3. The molecule has 0 aromatic heterocycles. The van der Waals surface area contributed by atoms with Crippen molar-refractivity contribution in [3.63, 3.8) is 0 Å². The molecule has 7 heteroatoms.